The fourth-order valence-electron chi connectivity index (χ4n) is 2.27. The zero-order chi connectivity index (χ0) is 17.6. The van der Waals surface area contributed by atoms with Gasteiger partial charge in [0.25, 0.3) is 0 Å². The lowest BCUT2D eigenvalue weighted by Gasteiger charge is -2.07. The van der Waals surface area contributed by atoms with Gasteiger partial charge in [-0.2, -0.15) is 0 Å². The Morgan fingerprint density at radius 1 is 1.12 bits per heavy atom. The Kier molecular flexibility index (Phi) is 5.73. The molecule has 0 aliphatic carbocycles. The summed E-state index contributed by atoms with van der Waals surface area (Å²) in [6.45, 7) is 2.70. The molecule has 0 atom stereocenters. The van der Waals surface area contributed by atoms with Crippen molar-refractivity contribution in [3.63, 3.8) is 0 Å². The van der Waals surface area contributed by atoms with Crippen LogP contribution >= 0.6 is 23.4 Å². The maximum atomic E-state index is 12.0. The minimum Gasteiger partial charge on any atom is -0.426 e. The molecular weight excluding hydrogens is 358 g/mol. The van der Waals surface area contributed by atoms with Crippen molar-refractivity contribution in [2.75, 3.05) is 5.75 Å². The molecule has 7 heteroatoms. The van der Waals surface area contributed by atoms with Gasteiger partial charge in [0.05, 0.1) is 5.75 Å². The zero-order valence-corrected chi connectivity index (χ0v) is 15.1. The summed E-state index contributed by atoms with van der Waals surface area (Å²) in [5, 5.41) is 9.79. The molecule has 0 N–H and O–H groups in total. The molecule has 0 spiro atoms. The van der Waals surface area contributed by atoms with Gasteiger partial charge in [0, 0.05) is 17.1 Å². The maximum absolute atomic E-state index is 12.0. The Balaban J connectivity index is 1.69. The van der Waals surface area contributed by atoms with E-state index in [1.54, 1.807) is 12.1 Å². The SMILES string of the molecule is CCn1c(SCC(=O)Oc2ccccc2)nnc1-c1ccc(Cl)cc1. The van der Waals surface area contributed by atoms with Crippen LogP contribution in [0.5, 0.6) is 5.75 Å². The fraction of sp³-hybridized carbons (Fsp3) is 0.167. The Morgan fingerprint density at radius 2 is 1.84 bits per heavy atom. The molecule has 1 heterocycles. The summed E-state index contributed by atoms with van der Waals surface area (Å²) in [6, 6.07) is 16.4. The summed E-state index contributed by atoms with van der Waals surface area (Å²) in [5.74, 6) is 1.12. The molecule has 0 radical (unpaired) electrons. The van der Waals surface area contributed by atoms with Crippen LogP contribution in [0.25, 0.3) is 11.4 Å². The summed E-state index contributed by atoms with van der Waals surface area (Å²) >= 11 is 7.24. The molecule has 0 saturated carbocycles. The first-order chi connectivity index (χ1) is 12.2. The zero-order valence-electron chi connectivity index (χ0n) is 13.6. The molecule has 3 rings (SSSR count). The number of esters is 1. The predicted molar refractivity (Wildman–Crippen MR) is 98.9 cm³/mol. The third-order valence-electron chi connectivity index (χ3n) is 3.43. The highest BCUT2D eigenvalue weighted by atomic mass is 35.5. The number of thioether (sulfide) groups is 1. The van der Waals surface area contributed by atoms with Gasteiger partial charge in [-0.05, 0) is 43.3 Å². The molecule has 25 heavy (non-hydrogen) atoms. The number of rotatable bonds is 6. The Labute approximate surface area is 155 Å². The van der Waals surface area contributed by atoms with Crippen molar-refractivity contribution >= 4 is 29.3 Å². The van der Waals surface area contributed by atoms with Gasteiger partial charge in [0.1, 0.15) is 5.75 Å². The summed E-state index contributed by atoms with van der Waals surface area (Å²) < 4.78 is 7.24. The first-order valence-corrected chi connectivity index (χ1v) is 9.11. The van der Waals surface area contributed by atoms with Gasteiger partial charge in [0.2, 0.25) is 0 Å². The fourth-order valence-corrected chi connectivity index (χ4v) is 3.17. The van der Waals surface area contributed by atoms with Gasteiger partial charge in [-0.25, -0.2) is 0 Å². The van der Waals surface area contributed by atoms with E-state index in [-0.39, 0.29) is 11.7 Å². The average Bonchev–Trinajstić information content (AvgIpc) is 3.04. The molecule has 3 aromatic rings. The maximum Gasteiger partial charge on any atom is 0.321 e. The third-order valence-corrected chi connectivity index (χ3v) is 4.62. The second kappa shape index (κ2) is 8.18. The van der Waals surface area contributed by atoms with Crippen LogP contribution < -0.4 is 4.74 Å². The minimum atomic E-state index is -0.324. The van der Waals surface area contributed by atoms with E-state index in [2.05, 4.69) is 10.2 Å². The molecule has 0 fully saturated rings. The number of aromatic nitrogens is 3. The summed E-state index contributed by atoms with van der Waals surface area (Å²) in [4.78, 5) is 12.0. The van der Waals surface area contributed by atoms with E-state index in [0.717, 1.165) is 11.4 Å². The van der Waals surface area contributed by atoms with Crippen LogP contribution in [0.4, 0.5) is 0 Å². The van der Waals surface area contributed by atoms with E-state index in [9.17, 15) is 4.79 Å². The lowest BCUT2D eigenvalue weighted by Crippen LogP contribution is -2.11. The minimum absolute atomic E-state index is 0.160. The van der Waals surface area contributed by atoms with Crippen molar-refractivity contribution in [2.45, 2.75) is 18.6 Å². The van der Waals surface area contributed by atoms with Crippen LogP contribution in [0.2, 0.25) is 5.02 Å². The molecule has 0 aliphatic heterocycles. The highest BCUT2D eigenvalue weighted by Crippen LogP contribution is 2.25. The van der Waals surface area contributed by atoms with E-state index in [4.69, 9.17) is 16.3 Å². The van der Waals surface area contributed by atoms with E-state index in [1.807, 2.05) is 54.0 Å². The van der Waals surface area contributed by atoms with E-state index in [1.165, 1.54) is 11.8 Å². The summed E-state index contributed by atoms with van der Waals surface area (Å²) in [6.07, 6.45) is 0. The molecule has 0 aliphatic rings. The number of hydrogen-bond acceptors (Lipinski definition) is 5. The quantitative estimate of drug-likeness (QED) is 0.366. The second-order valence-corrected chi connectivity index (χ2v) is 6.51. The third kappa shape index (κ3) is 4.41. The highest BCUT2D eigenvalue weighted by Gasteiger charge is 2.15. The Bertz CT molecular complexity index is 851. The van der Waals surface area contributed by atoms with Crippen LogP contribution in [0.3, 0.4) is 0 Å². The van der Waals surface area contributed by atoms with E-state index < -0.39 is 0 Å². The van der Waals surface area contributed by atoms with E-state index >= 15 is 0 Å². The molecule has 0 unspecified atom stereocenters. The number of halogens is 1. The number of hydrogen-bond donors (Lipinski definition) is 0. The standard InChI is InChI=1S/C18H16ClN3O2S/c1-2-22-17(13-8-10-14(19)11-9-13)20-21-18(22)25-12-16(23)24-15-6-4-3-5-7-15/h3-11H,2,12H2,1H3. The molecule has 5 nitrogen and oxygen atoms in total. The Hall–Kier alpha value is -2.31. The number of carbonyl (C=O) groups is 1. The van der Waals surface area contributed by atoms with Crippen molar-refractivity contribution in [1.29, 1.82) is 0 Å². The lowest BCUT2D eigenvalue weighted by molar-refractivity contribution is -0.131. The molecule has 128 valence electrons. The number of ether oxygens (including phenoxy) is 1. The normalized spacial score (nSPS) is 10.6. The number of carbonyl (C=O) groups excluding carboxylic acids is 1. The van der Waals surface area contributed by atoms with Gasteiger partial charge in [0.15, 0.2) is 11.0 Å². The molecule has 2 aromatic carbocycles. The van der Waals surface area contributed by atoms with Gasteiger partial charge < -0.3 is 9.30 Å². The molecular formula is C18H16ClN3O2S. The van der Waals surface area contributed by atoms with Gasteiger partial charge in [-0.1, -0.05) is 41.6 Å². The van der Waals surface area contributed by atoms with E-state index in [0.29, 0.717) is 22.5 Å². The van der Waals surface area contributed by atoms with Crippen LogP contribution in [-0.4, -0.2) is 26.5 Å². The van der Waals surface area contributed by atoms with Crippen LogP contribution in [-0.2, 0) is 11.3 Å². The molecule has 1 aromatic heterocycles. The van der Waals surface area contributed by atoms with Gasteiger partial charge >= 0.3 is 5.97 Å². The predicted octanol–water partition coefficient (Wildman–Crippen LogP) is 4.32. The van der Waals surface area contributed by atoms with Crippen molar-refractivity contribution in [3.8, 4) is 17.1 Å². The lowest BCUT2D eigenvalue weighted by atomic mass is 10.2. The monoisotopic (exact) mass is 373 g/mol. The first-order valence-electron chi connectivity index (χ1n) is 7.75. The Morgan fingerprint density at radius 3 is 2.52 bits per heavy atom. The number of nitrogens with zero attached hydrogens (tertiary/aromatic N) is 3. The van der Waals surface area contributed by atoms with Crippen molar-refractivity contribution in [2.24, 2.45) is 0 Å². The summed E-state index contributed by atoms with van der Waals surface area (Å²) in [7, 11) is 0. The van der Waals surface area contributed by atoms with Crippen molar-refractivity contribution in [1.82, 2.24) is 14.8 Å². The van der Waals surface area contributed by atoms with Gasteiger partial charge in [-0.3, -0.25) is 4.79 Å². The molecule has 0 saturated heterocycles. The first kappa shape index (κ1) is 17.5. The summed E-state index contributed by atoms with van der Waals surface area (Å²) in [5.41, 5.74) is 0.928. The second-order valence-electron chi connectivity index (χ2n) is 5.13. The number of benzene rings is 2. The smallest absolute Gasteiger partial charge is 0.321 e. The topological polar surface area (TPSA) is 57.0 Å². The van der Waals surface area contributed by atoms with Crippen LogP contribution in [0.1, 0.15) is 6.92 Å². The molecule has 0 amide bonds. The van der Waals surface area contributed by atoms with Crippen molar-refractivity contribution in [3.05, 3.63) is 59.6 Å². The van der Waals surface area contributed by atoms with Crippen molar-refractivity contribution < 1.29 is 9.53 Å². The number of para-hydroxylation sites is 1. The van der Waals surface area contributed by atoms with Crippen LogP contribution in [0, 0.1) is 0 Å². The van der Waals surface area contributed by atoms with Gasteiger partial charge in [-0.15, -0.1) is 10.2 Å². The van der Waals surface area contributed by atoms with Crippen LogP contribution in [0.15, 0.2) is 59.8 Å². The molecule has 0 bridgehead atoms. The average molecular weight is 374 g/mol. The highest BCUT2D eigenvalue weighted by molar-refractivity contribution is 7.99. The largest absolute Gasteiger partial charge is 0.426 e.